The number of unbranched alkanes of at least 4 members (excludes halogenated alkanes) is 2. The van der Waals surface area contributed by atoms with E-state index in [2.05, 4.69) is 111 Å². The summed E-state index contributed by atoms with van der Waals surface area (Å²) in [5.41, 5.74) is 10.1. The van der Waals surface area contributed by atoms with Crippen molar-refractivity contribution in [3.63, 3.8) is 0 Å². The fourth-order valence-corrected chi connectivity index (χ4v) is 5.02. The number of anilines is 1. The van der Waals surface area contributed by atoms with Crippen molar-refractivity contribution in [2.75, 3.05) is 5.32 Å². The number of nitrogens with zero attached hydrogens (tertiary/aromatic N) is 1. The monoisotopic (exact) mass is 516 g/mol. The van der Waals surface area contributed by atoms with E-state index < -0.39 is 0 Å². The molecule has 2 rings (SSSR count). The van der Waals surface area contributed by atoms with Gasteiger partial charge in [0.1, 0.15) is 0 Å². The summed E-state index contributed by atoms with van der Waals surface area (Å²) in [6.07, 6.45) is 9.77. The highest BCUT2D eigenvalue weighted by Gasteiger charge is 2.14. The van der Waals surface area contributed by atoms with Crippen LogP contribution in [0.15, 0.2) is 53.7 Å². The first kappa shape index (κ1) is 31.9. The lowest BCUT2D eigenvalue weighted by Crippen LogP contribution is -2.09. The van der Waals surface area contributed by atoms with Crippen molar-refractivity contribution < 1.29 is 0 Å². The van der Waals surface area contributed by atoms with Gasteiger partial charge in [-0.05, 0) is 105 Å². The van der Waals surface area contributed by atoms with Gasteiger partial charge in [0.05, 0.1) is 5.69 Å². The van der Waals surface area contributed by atoms with Crippen LogP contribution >= 0.6 is 0 Å². The van der Waals surface area contributed by atoms with E-state index >= 15 is 0 Å². The lowest BCUT2D eigenvalue weighted by Gasteiger charge is -2.21. The predicted molar refractivity (Wildman–Crippen MR) is 171 cm³/mol. The highest BCUT2D eigenvalue weighted by molar-refractivity contribution is 5.86. The second-order valence-corrected chi connectivity index (χ2v) is 12.0. The number of hydrogen-bond donors (Lipinski definition) is 1. The van der Waals surface area contributed by atoms with E-state index in [1.807, 2.05) is 0 Å². The van der Waals surface area contributed by atoms with Gasteiger partial charge in [-0.2, -0.15) is 0 Å². The van der Waals surface area contributed by atoms with Crippen LogP contribution in [0.3, 0.4) is 0 Å². The Kier molecular flexibility index (Phi) is 13.3. The normalized spacial score (nSPS) is 15.1. The molecule has 2 aromatic rings. The van der Waals surface area contributed by atoms with Crippen molar-refractivity contribution in [3.05, 3.63) is 70.9 Å². The van der Waals surface area contributed by atoms with Crippen LogP contribution in [0.2, 0.25) is 0 Å². The molecule has 0 aliphatic heterocycles. The van der Waals surface area contributed by atoms with E-state index in [9.17, 15) is 0 Å². The SMILES string of the molecule is C=C(Nc1cc([C@H](C)CCC(C)c2ccc(N=C(C)C(C)CCCC)c(C)c2)ccc1C)C(C)CCCC. The lowest BCUT2D eigenvalue weighted by atomic mass is 9.88. The second-order valence-electron chi connectivity index (χ2n) is 12.0. The number of rotatable bonds is 16. The first-order chi connectivity index (χ1) is 18.1. The van der Waals surface area contributed by atoms with E-state index in [0.717, 1.165) is 11.4 Å². The average molecular weight is 517 g/mol. The van der Waals surface area contributed by atoms with E-state index in [1.54, 1.807) is 0 Å². The Balaban J connectivity index is 2.01. The molecule has 2 nitrogen and oxygen atoms in total. The minimum Gasteiger partial charge on any atom is -0.359 e. The Bertz CT molecular complexity index is 1050. The van der Waals surface area contributed by atoms with Gasteiger partial charge in [0.15, 0.2) is 0 Å². The molecule has 2 aromatic carbocycles. The number of allylic oxidation sites excluding steroid dienone is 1. The summed E-state index contributed by atoms with van der Waals surface area (Å²) in [6, 6.07) is 13.8. The molecule has 38 heavy (non-hydrogen) atoms. The number of nitrogens with one attached hydrogen (secondary N) is 1. The molecule has 0 aliphatic carbocycles. The maximum atomic E-state index is 4.99. The van der Waals surface area contributed by atoms with Crippen LogP contribution in [0.4, 0.5) is 11.4 Å². The Morgan fingerprint density at radius 3 is 1.89 bits per heavy atom. The summed E-state index contributed by atoms with van der Waals surface area (Å²) in [7, 11) is 0. The molecular formula is C36H56N2. The Hall–Kier alpha value is -2.35. The van der Waals surface area contributed by atoms with Crippen LogP contribution in [-0.2, 0) is 0 Å². The first-order valence-electron chi connectivity index (χ1n) is 15.3. The zero-order valence-electron chi connectivity index (χ0n) is 26.1. The fraction of sp³-hybridized carbons (Fsp3) is 0.583. The summed E-state index contributed by atoms with van der Waals surface area (Å²) < 4.78 is 0. The van der Waals surface area contributed by atoms with Gasteiger partial charge in [-0.1, -0.05) is 98.1 Å². The fourth-order valence-electron chi connectivity index (χ4n) is 5.02. The van der Waals surface area contributed by atoms with Crippen LogP contribution < -0.4 is 5.32 Å². The largest absolute Gasteiger partial charge is 0.359 e. The van der Waals surface area contributed by atoms with Crippen molar-refractivity contribution in [2.24, 2.45) is 16.8 Å². The van der Waals surface area contributed by atoms with Crippen LogP contribution in [0.25, 0.3) is 0 Å². The Morgan fingerprint density at radius 1 is 0.763 bits per heavy atom. The molecule has 0 spiro atoms. The van der Waals surface area contributed by atoms with Gasteiger partial charge >= 0.3 is 0 Å². The molecular weight excluding hydrogens is 460 g/mol. The van der Waals surface area contributed by atoms with E-state index in [4.69, 9.17) is 4.99 Å². The Labute approximate surface area is 235 Å². The summed E-state index contributed by atoms with van der Waals surface area (Å²) in [6.45, 7) is 24.8. The predicted octanol–water partition coefficient (Wildman–Crippen LogP) is 11.7. The number of aliphatic imine (C=N–C) groups is 1. The summed E-state index contributed by atoms with van der Waals surface area (Å²) in [5, 5.41) is 3.64. The van der Waals surface area contributed by atoms with Crippen LogP contribution in [0.1, 0.15) is 134 Å². The maximum absolute atomic E-state index is 4.99. The second kappa shape index (κ2) is 15.9. The summed E-state index contributed by atoms with van der Waals surface area (Å²) >= 11 is 0. The molecule has 1 N–H and O–H groups in total. The van der Waals surface area contributed by atoms with Gasteiger partial charge in [-0.3, -0.25) is 4.99 Å². The molecule has 0 heterocycles. The standard InChI is InChI=1S/C36H56N2/c1-11-13-15-25(3)31(9)37-35-22-21-33(23-30(35)8)27(5)17-18-28(6)34-20-19-29(7)36(24-34)38-32(10)26(4)16-14-12-2/h19-28,38H,10-18H2,1-9H3/t25?,26?,27?,28-/m1/s1. The van der Waals surface area contributed by atoms with E-state index in [-0.39, 0.29) is 0 Å². The quantitative estimate of drug-likeness (QED) is 0.220. The van der Waals surface area contributed by atoms with Crippen molar-refractivity contribution in [1.29, 1.82) is 0 Å². The number of aryl methyl sites for hydroxylation is 2. The Morgan fingerprint density at radius 2 is 1.32 bits per heavy atom. The topological polar surface area (TPSA) is 24.4 Å². The highest BCUT2D eigenvalue weighted by atomic mass is 14.9. The number of hydrogen-bond acceptors (Lipinski definition) is 2. The molecule has 0 aliphatic rings. The molecule has 0 radical (unpaired) electrons. The van der Waals surface area contributed by atoms with Crippen LogP contribution in [0, 0.1) is 25.7 Å². The van der Waals surface area contributed by atoms with Crippen molar-refractivity contribution in [1.82, 2.24) is 0 Å². The third-order valence-corrected chi connectivity index (χ3v) is 8.53. The van der Waals surface area contributed by atoms with Gasteiger partial charge in [-0.25, -0.2) is 0 Å². The zero-order valence-corrected chi connectivity index (χ0v) is 26.1. The lowest BCUT2D eigenvalue weighted by molar-refractivity contribution is 0.572. The minimum atomic E-state index is 0.491. The average Bonchev–Trinajstić information content (AvgIpc) is 2.90. The van der Waals surface area contributed by atoms with Crippen LogP contribution in [0.5, 0.6) is 0 Å². The molecule has 0 aromatic heterocycles. The zero-order chi connectivity index (χ0) is 28.2. The van der Waals surface area contributed by atoms with Crippen LogP contribution in [-0.4, -0.2) is 5.71 Å². The van der Waals surface area contributed by atoms with Crippen molar-refractivity contribution >= 4 is 17.1 Å². The summed E-state index contributed by atoms with van der Waals surface area (Å²) in [5.74, 6) is 2.09. The molecule has 0 bridgehead atoms. The minimum absolute atomic E-state index is 0.491. The van der Waals surface area contributed by atoms with Gasteiger partial charge in [0.25, 0.3) is 0 Å². The molecule has 4 atom stereocenters. The third kappa shape index (κ3) is 9.75. The van der Waals surface area contributed by atoms with Crippen molar-refractivity contribution in [2.45, 2.75) is 126 Å². The first-order valence-corrected chi connectivity index (χ1v) is 15.3. The molecule has 210 valence electrons. The third-order valence-electron chi connectivity index (χ3n) is 8.53. The molecule has 0 amide bonds. The van der Waals surface area contributed by atoms with Gasteiger partial charge in [0, 0.05) is 17.1 Å². The molecule has 3 unspecified atom stereocenters. The smallest absolute Gasteiger partial charge is 0.0658 e. The van der Waals surface area contributed by atoms with E-state index in [1.165, 1.54) is 85.0 Å². The molecule has 2 heteroatoms. The highest BCUT2D eigenvalue weighted by Crippen LogP contribution is 2.32. The molecule has 0 saturated heterocycles. The molecule has 0 fully saturated rings. The molecule has 0 saturated carbocycles. The summed E-state index contributed by atoms with van der Waals surface area (Å²) in [4.78, 5) is 4.99. The maximum Gasteiger partial charge on any atom is 0.0658 e. The number of benzene rings is 2. The van der Waals surface area contributed by atoms with Gasteiger partial charge in [0.2, 0.25) is 0 Å². The van der Waals surface area contributed by atoms with Gasteiger partial charge < -0.3 is 5.32 Å². The van der Waals surface area contributed by atoms with Gasteiger partial charge in [-0.15, -0.1) is 0 Å². The van der Waals surface area contributed by atoms with Crippen molar-refractivity contribution in [3.8, 4) is 0 Å². The van der Waals surface area contributed by atoms with E-state index in [0.29, 0.717) is 23.7 Å².